The zero-order valence-corrected chi connectivity index (χ0v) is 12.3. The first-order chi connectivity index (χ1) is 11.6. The van der Waals surface area contributed by atoms with Crippen molar-refractivity contribution in [2.24, 2.45) is 0 Å². The highest BCUT2D eigenvalue weighted by atomic mass is 19.1. The second-order valence-corrected chi connectivity index (χ2v) is 5.05. The van der Waals surface area contributed by atoms with E-state index in [1.165, 1.54) is 24.3 Å². The number of nitrogens with zero attached hydrogens (tertiary/aromatic N) is 1. The Labute approximate surface area is 135 Å². The molecule has 0 aliphatic heterocycles. The van der Waals surface area contributed by atoms with Gasteiger partial charge >= 0.3 is 0 Å². The molecule has 0 radical (unpaired) electrons. The molecule has 0 saturated carbocycles. The first-order valence-electron chi connectivity index (χ1n) is 7.04. The molecule has 1 aromatic heterocycles. The van der Waals surface area contributed by atoms with Gasteiger partial charge in [0.25, 0.3) is 5.91 Å². The van der Waals surface area contributed by atoms with Crippen molar-refractivity contribution in [3.63, 3.8) is 0 Å². The van der Waals surface area contributed by atoms with E-state index in [2.05, 4.69) is 15.5 Å². The minimum absolute atomic E-state index is 0.122. The van der Waals surface area contributed by atoms with Crippen LogP contribution in [0.15, 0.2) is 36.4 Å². The summed E-state index contributed by atoms with van der Waals surface area (Å²) in [6.45, 7) is -1.24. The predicted octanol–water partition coefficient (Wildman–Crippen LogP) is 3.92. The third-order valence-corrected chi connectivity index (χ3v) is 3.38. The van der Waals surface area contributed by atoms with Crippen LogP contribution in [0.4, 0.5) is 18.9 Å². The summed E-state index contributed by atoms with van der Waals surface area (Å²) in [5, 5.41) is 9.46. The van der Waals surface area contributed by atoms with Crippen LogP contribution in [0.2, 0.25) is 0 Å². The Hall–Kier alpha value is -3.09. The van der Waals surface area contributed by atoms with Gasteiger partial charge in [-0.05, 0) is 29.8 Å². The van der Waals surface area contributed by atoms with Crippen LogP contribution >= 0.6 is 0 Å². The van der Waals surface area contributed by atoms with Gasteiger partial charge in [0.2, 0.25) is 0 Å². The van der Waals surface area contributed by atoms with E-state index in [1.54, 1.807) is 24.3 Å². The number of hydrogen-bond donors (Lipinski definition) is 2. The van der Waals surface area contributed by atoms with Gasteiger partial charge in [-0.3, -0.25) is 9.89 Å². The maximum absolute atomic E-state index is 13.9. The molecule has 2 aromatic carbocycles. The Morgan fingerprint density at radius 3 is 2.62 bits per heavy atom. The molecule has 2 N–H and O–H groups in total. The molecule has 24 heavy (non-hydrogen) atoms. The minimum Gasteiger partial charge on any atom is -0.321 e. The number of carbonyl (C=O) groups excluding carboxylic acids is 1. The molecule has 0 aliphatic rings. The highest BCUT2D eigenvalue weighted by Crippen LogP contribution is 2.25. The molecule has 0 unspecified atom stereocenters. The Kier molecular flexibility index (Phi) is 4.33. The Morgan fingerprint density at radius 1 is 1.17 bits per heavy atom. The third-order valence-electron chi connectivity index (χ3n) is 3.38. The van der Waals surface area contributed by atoms with Crippen molar-refractivity contribution < 1.29 is 18.0 Å². The summed E-state index contributed by atoms with van der Waals surface area (Å²) in [7, 11) is 0. The number of carbonyl (C=O) groups is 1. The molecule has 7 heteroatoms. The molecule has 0 bridgehead atoms. The number of aromatic amines is 1. The van der Waals surface area contributed by atoms with Crippen LogP contribution in [0.25, 0.3) is 23.1 Å². The molecule has 3 aromatic rings. The van der Waals surface area contributed by atoms with Crippen molar-refractivity contribution in [1.29, 1.82) is 0 Å². The number of amides is 1. The van der Waals surface area contributed by atoms with Crippen LogP contribution in [-0.4, -0.2) is 22.8 Å². The van der Waals surface area contributed by atoms with Crippen LogP contribution in [-0.2, 0) is 4.79 Å². The van der Waals surface area contributed by atoms with E-state index in [-0.39, 0.29) is 11.5 Å². The van der Waals surface area contributed by atoms with Crippen molar-refractivity contribution >= 4 is 34.6 Å². The van der Waals surface area contributed by atoms with Gasteiger partial charge < -0.3 is 5.32 Å². The van der Waals surface area contributed by atoms with Crippen molar-refractivity contribution in [2.75, 3.05) is 12.0 Å². The van der Waals surface area contributed by atoms with Crippen molar-refractivity contribution in [3.8, 4) is 0 Å². The Morgan fingerprint density at radius 2 is 1.92 bits per heavy atom. The zero-order valence-electron chi connectivity index (χ0n) is 12.3. The second-order valence-electron chi connectivity index (χ2n) is 5.05. The topological polar surface area (TPSA) is 57.8 Å². The zero-order chi connectivity index (χ0) is 17.1. The first kappa shape index (κ1) is 15.8. The number of anilines is 1. The van der Waals surface area contributed by atoms with Crippen LogP contribution in [0, 0.1) is 11.6 Å². The number of nitrogens with one attached hydrogen (secondary N) is 2. The lowest BCUT2D eigenvalue weighted by Gasteiger charge is -2.04. The van der Waals surface area contributed by atoms with E-state index in [4.69, 9.17) is 0 Å². The van der Waals surface area contributed by atoms with Crippen LogP contribution < -0.4 is 5.32 Å². The molecule has 0 fully saturated rings. The van der Waals surface area contributed by atoms with E-state index < -0.39 is 18.4 Å². The van der Waals surface area contributed by atoms with Gasteiger partial charge in [0, 0.05) is 11.5 Å². The number of benzene rings is 2. The summed E-state index contributed by atoms with van der Waals surface area (Å²) in [5.41, 5.74) is 1.58. The molecule has 4 nitrogen and oxygen atoms in total. The lowest BCUT2D eigenvalue weighted by molar-refractivity contribution is -0.117. The van der Waals surface area contributed by atoms with Gasteiger partial charge in [-0.15, -0.1) is 0 Å². The van der Waals surface area contributed by atoms with E-state index in [0.29, 0.717) is 16.6 Å². The van der Waals surface area contributed by atoms with E-state index >= 15 is 0 Å². The Bertz CT molecular complexity index is 917. The van der Waals surface area contributed by atoms with Crippen molar-refractivity contribution in [1.82, 2.24) is 10.2 Å². The summed E-state index contributed by atoms with van der Waals surface area (Å²) < 4.78 is 39.0. The van der Waals surface area contributed by atoms with Crippen molar-refractivity contribution in [2.45, 2.75) is 0 Å². The first-order valence-corrected chi connectivity index (χ1v) is 7.04. The number of fused-ring (bicyclic) bond motifs is 1. The lowest BCUT2D eigenvalue weighted by Crippen LogP contribution is -2.14. The summed E-state index contributed by atoms with van der Waals surface area (Å²) in [6, 6.07) is 8.43. The number of aromatic nitrogens is 2. The highest BCUT2D eigenvalue weighted by Gasteiger charge is 2.11. The van der Waals surface area contributed by atoms with E-state index in [1.807, 2.05) is 0 Å². The SMILES string of the molecule is O=C(CF)Nc1cc2c(/C=C/c3ccc(F)cc3)n[nH]c2cc1F. The molecule has 1 amide bonds. The predicted molar refractivity (Wildman–Crippen MR) is 86.0 cm³/mol. The lowest BCUT2D eigenvalue weighted by atomic mass is 10.1. The van der Waals surface area contributed by atoms with Gasteiger partial charge in [0.05, 0.1) is 16.9 Å². The molecule has 0 spiro atoms. The Balaban J connectivity index is 1.95. The maximum atomic E-state index is 13.9. The molecule has 3 rings (SSSR count). The number of halogens is 3. The van der Waals surface area contributed by atoms with Gasteiger partial charge in [-0.2, -0.15) is 5.10 Å². The molecule has 0 saturated heterocycles. The van der Waals surface area contributed by atoms with Crippen molar-refractivity contribution in [3.05, 3.63) is 59.3 Å². The molecule has 122 valence electrons. The fourth-order valence-electron chi connectivity index (χ4n) is 2.21. The van der Waals surface area contributed by atoms with Gasteiger partial charge in [0.15, 0.2) is 6.67 Å². The molecule has 0 atom stereocenters. The quantitative estimate of drug-likeness (QED) is 0.761. The fraction of sp³-hybridized carbons (Fsp3) is 0.0588. The average Bonchev–Trinajstić information content (AvgIpc) is 2.96. The van der Waals surface area contributed by atoms with Gasteiger partial charge in [-0.25, -0.2) is 13.2 Å². The average molecular weight is 331 g/mol. The van der Waals surface area contributed by atoms with Gasteiger partial charge in [0.1, 0.15) is 11.6 Å². The van der Waals surface area contributed by atoms with Crippen LogP contribution in [0.5, 0.6) is 0 Å². The summed E-state index contributed by atoms with van der Waals surface area (Å²) in [4.78, 5) is 11.1. The number of rotatable bonds is 4. The third kappa shape index (κ3) is 3.29. The monoisotopic (exact) mass is 331 g/mol. The number of H-pyrrole nitrogens is 1. The van der Waals surface area contributed by atoms with Gasteiger partial charge in [-0.1, -0.05) is 18.2 Å². The highest BCUT2D eigenvalue weighted by molar-refractivity contribution is 5.97. The smallest absolute Gasteiger partial charge is 0.255 e. The van der Waals surface area contributed by atoms with Crippen LogP contribution in [0.3, 0.4) is 0 Å². The maximum Gasteiger partial charge on any atom is 0.255 e. The fourth-order valence-corrected chi connectivity index (χ4v) is 2.21. The van der Waals surface area contributed by atoms with E-state index in [9.17, 15) is 18.0 Å². The standard InChI is InChI=1S/C17H12F3N3O/c18-9-17(24)21-16-7-12-14(22-23-15(12)8-13(16)20)6-3-10-1-4-11(19)5-2-10/h1-8H,9H2,(H,21,24)(H,22,23)/b6-3+. The number of hydrogen-bond acceptors (Lipinski definition) is 2. The summed E-state index contributed by atoms with van der Waals surface area (Å²) in [5.74, 6) is -1.96. The normalized spacial score (nSPS) is 11.3. The molecular formula is C17H12F3N3O. The molecule has 0 aliphatic carbocycles. The van der Waals surface area contributed by atoms with E-state index in [0.717, 1.165) is 5.56 Å². The molecule has 1 heterocycles. The number of alkyl halides is 1. The largest absolute Gasteiger partial charge is 0.321 e. The minimum atomic E-state index is -1.24. The summed E-state index contributed by atoms with van der Waals surface area (Å²) in [6.07, 6.45) is 3.39. The summed E-state index contributed by atoms with van der Waals surface area (Å²) >= 11 is 0. The van der Waals surface area contributed by atoms with Crippen LogP contribution in [0.1, 0.15) is 11.3 Å². The second kappa shape index (κ2) is 6.57. The molecular weight excluding hydrogens is 319 g/mol.